The minimum Gasteiger partial charge on any atom is -0.286 e. The smallest absolute Gasteiger partial charge is 0.0509 e. The first kappa shape index (κ1) is 8.51. The summed E-state index contributed by atoms with van der Waals surface area (Å²) >= 11 is 0. The Hall–Kier alpha value is -0.590. The summed E-state index contributed by atoms with van der Waals surface area (Å²) in [6, 6.07) is 0.508. The van der Waals surface area contributed by atoms with E-state index < -0.39 is 0 Å². The Morgan fingerprint density at radius 3 is 2.91 bits per heavy atom. The van der Waals surface area contributed by atoms with Gasteiger partial charge in [0.15, 0.2) is 0 Å². The van der Waals surface area contributed by atoms with Gasteiger partial charge in [0.2, 0.25) is 0 Å². The van der Waals surface area contributed by atoms with Gasteiger partial charge in [-0.05, 0) is 31.8 Å². The van der Waals surface area contributed by atoms with Crippen LogP contribution < -0.4 is 0 Å². The second-order valence-electron chi connectivity index (χ2n) is 3.71. The molecule has 0 aromatic carbocycles. The molecule has 0 amide bonds. The van der Waals surface area contributed by atoms with Gasteiger partial charge in [0.25, 0.3) is 0 Å². The van der Waals surface area contributed by atoms with Gasteiger partial charge >= 0.3 is 0 Å². The third kappa shape index (κ3) is 2.87. The van der Waals surface area contributed by atoms with E-state index in [-0.39, 0.29) is 0 Å². The van der Waals surface area contributed by atoms with Crippen molar-refractivity contribution in [3.05, 3.63) is 12.2 Å². The molecule has 1 aliphatic heterocycles. The predicted molar refractivity (Wildman–Crippen MR) is 50.1 cm³/mol. The van der Waals surface area contributed by atoms with Crippen LogP contribution in [0.1, 0.15) is 33.6 Å². The molecule has 0 aromatic rings. The summed E-state index contributed by atoms with van der Waals surface area (Å²) < 4.78 is 0. The van der Waals surface area contributed by atoms with Gasteiger partial charge in [-0.1, -0.05) is 19.9 Å². The molecule has 1 heterocycles. The van der Waals surface area contributed by atoms with E-state index in [1.807, 2.05) is 0 Å². The summed E-state index contributed by atoms with van der Waals surface area (Å²) in [5, 5.41) is 0. The second kappa shape index (κ2) is 3.70. The third-order valence-corrected chi connectivity index (χ3v) is 1.79. The zero-order valence-electron chi connectivity index (χ0n) is 7.67. The normalized spacial score (nSPS) is 24.0. The van der Waals surface area contributed by atoms with Crippen LogP contribution in [0.2, 0.25) is 0 Å². The molecule has 1 atom stereocenters. The van der Waals surface area contributed by atoms with Crippen LogP contribution in [-0.2, 0) is 0 Å². The van der Waals surface area contributed by atoms with Gasteiger partial charge < -0.3 is 0 Å². The Labute approximate surface area is 69.2 Å². The lowest BCUT2D eigenvalue weighted by atomic mass is 10.0. The first-order valence-corrected chi connectivity index (χ1v) is 4.41. The van der Waals surface area contributed by atoms with Gasteiger partial charge in [-0.2, -0.15) is 0 Å². The van der Waals surface area contributed by atoms with Crippen LogP contribution >= 0.6 is 0 Å². The molecule has 1 aliphatic rings. The van der Waals surface area contributed by atoms with Crippen molar-refractivity contribution in [2.24, 2.45) is 10.9 Å². The van der Waals surface area contributed by atoms with Crippen molar-refractivity contribution in [1.29, 1.82) is 0 Å². The number of hydrogen-bond acceptors (Lipinski definition) is 1. The quantitative estimate of drug-likeness (QED) is 0.575. The summed E-state index contributed by atoms with van der Waals surface area (Å²) in [5.74, 6) is 0.726. The van der Waals surface area contributed by atoms with E-state index in [0.29, 0.717) is 6.04 Å². The van der Waals surface area contributed by atoms with Crippen LogP contribution in [-0.4, -0.2) is 11.8 Å². The summed E-state index contributed by atoms with van der Waals surface area (Å²) in [7, 11) is 0. The maximum atomic E-state index is 4.55. The number of hydrogen-bond donors (Lipinski definition) is 0. The summed E-state index contributed by atoms with van der Waals surface area (Å²) in [4.78, 5) is 4.55. The van der Waals surface area contributed by atoms with E-state index in [9.17, 15) is 0 Å². The van der Waals surface area contributed by atoms with Crippen molar-refractivity contribution in [3.8, 4) is 0 Å². The molecule has 0 unspecified atom stereocenters. The molecule has 0 N–H and O–H groups in total. The molecular weight excluding hydrogens is 134 g/mol. The average Bonchev–Trinajstić information content (AvgIpc) is 1.85. The van der Waals surface area contributed by atoms with E-state index in [1.165, 1.54) is 5.71 Å². The van der Waals surface area contributed by atoms with Crippen LogP contribution in [0.5, 0.6) is 0 Å². The number of allylic oxidation sites excluding steroid dienone is 1. The van der Waals surface area contributed by atoms with E-state index in [4.69, 9.17) is 0 Å². The Balaban J connectivity index is 2.50. The van der Waals surface area contributed by atoms with Crippen molar-refractivity contribution in [3.63, 3.8) is 0 Å². The van der Waals surface area contributed by atoms with Crippen molar-refractivity contribution in [1.82, 2.24) is 0 Å². The highest BCUT2D eigenvalue weighted by molar-refractivity contribution is 5.95. The lowest BCUT2D eigenvalue weighted by molar-refractivity contribution is 0.670. The highest BCUT2D eigenvalue weighted by Crippen LogP contribution is 2.11. The molecule has 0 aliphatic carbocycles. The molecule has 11 heavy (non-hydrogen) atoms. The van der Waals surface area contributed by atoms with Crippen molar-refractivity contribution < 1.29 is 0 Å². The molecule has 0 bridgehead atoms. The molecule has 0 radical (unpaired) electrons. The topological polar surface area (TPSA) is 12.4 Å². The molecule has 0 spiro atoms. The summed E-state index contributed by atoms with van der Waals surface area (Å²) in [5.41, 5.74) is 1.28. The van der Waals surface area contributed by atoms with Crippen molar-refractivity contribution in [2.45, 2.75) is 39.7 Å². The highest BCUT2D eigenvalue weighted by atomic mass is 14.8. The fourth-order valence-corrected chi connectivity index (χ4v) is 1.32. The van der Waals surface area contributed by atoms with Gasteiger partial charge in [0.1, 0.15) is 0 Å². The van der Waals surface area contributed by atoms with E-state index in [1.54, 1.807) is 0 Å². The Bertz CT molecular complexity index is 177. The van der Waals surface area contributed by atoms with Crippen molar-refractivity contribution in [2.75, 3.05) is 0 Å². The molecule has 0 aromatic heterocycles. The molecule has 1 rings (SSSR count). The zero-order chi connectivity index (χ0) is 8.27. The summed E-state index contributed by atoms with van der Waals surface area (Å²) in [6.45, 7) is 6.63. The molecule has 0 saturated heterocycles. The van der Waals surface area contributed by atoms with Crippen LogP contribution in [0.3, 0.4) is 0 Å². The van der Waals surface area contributed by atoms with Gasteiger partial charge in [-0.25, -0.2) is 0 Å². The largest absolute Gasteiger partial charge is 0.286 e. The lowest BCUT2D eigenvalue weighted by Gasteiger charge is -2.12. The molecule has 0 saturated carbocycles. The average molecular weight is 151 g/mol. The molecule has 1 nitrogen and oxygen atoms in total. The maximum absolute atomic E-state index is 4.55. The van der Waals surface area contributed by atoms with Crippen molar-refractivity contribution >= 4 is 5.71 Å². The zero-order valence-corrected chi connectivity index (χ0v) is 7.67. The predicted octanol–water partition coefficient (Wildman–Crippen LogP) is 2.82. The van der Waals surface area contributed by atoms with Gasteiger partial charge in [-0.15, -0.1) is 0 Å². The summed E-state index contributed by atoms with van der Waals surface area (Å²) in [6.07, 6.45) is 6.64. The SMILES string of the molecule is CC(C)CC1=N[C@@H](C)CC=C1. The van der Waals surface area contributed by atoms with Crippen LogP contribution in [0, 0.1) is 5.92 Å². The number of dihydropyridines is 1. The van der Waals surface area contributed by atoms with Crippen LogP contribution in [0.15, 0.2) is 17.1 Å². The van der Waals surface area contributed by atoms with E-state index >= 15 is 0 Å². The number of aliphatic imine (C=N–C) groups is 1. The van der Waals surface area contributed by atoms with Gasteiger partial charge in [0, 0.05) is 5.71 Å². The standard InChI is InChI=1S/C10H17N/c1-8(2)7-10-6-4-5-9(3)11-10/h4,6,8-9H,5,7H2,1-3H3/t9-/m0/s1. The molecule has 0 fully saturated rings. The van der Waals surface area contributed by atoms with Crippen LogP contribution in [0.25, 0.3) is 0 Å². The van der Waals surface area contributed by atoms with E-state index in [2.05, 4.69) is 37.9 Å². The second-order valence-corrected chi connectivity index (χ2v) is 3.71. The first-order chi connectivity index (χ1) is 5.18. The maximum Gasteiger partial charge on any atom is 0.0509 e. The lowest BCUT2D eigenvalue weighted by Crippen LogP contribution is -2.09. The fourth-order valence-electron chi connectivity index (χ4n) is 1.32. The number of nitrogens with zero attached hydrogens (tertiary/aromatic N) is 1. The Morgan fingerprint density at radius 2 is 2.36 bits per heavy atom. The monoisotopic (exact) mass is 151 g/mol. The number of rotatable bonds is 2. The van der Waals surface area contributed by atoms with E-state index in [0.717, 1.165) is 18.8 Å². The fraction of sp³-hybridized carbons (Fsp3) is 0.700. The highest BCUT2D eigenvalue weighted by Gasteiger charge is 2.06. The molecule has 1 heteroatoms. The minimum absolute atomic E-state index is 0.508. The van der Waals surface area contributed by atoms with Gasteiger partial charge in [-0.3, -0.25) is 4.99 Å². The minimum atomic E-state index is 0.508. The molecule has 62 valence electrons. The molecular formula is C10H17N. The Morgan fingerprint density at radius 1 is 1.64 bits per heavy atom. The first-order valence-electron chi connectivity index (χ1n) is 4.41. The Kier molecular flexibility index (Phi) is 2.86. The van der Waals surface area contributed by atoms with Gasteiger partial charge in [0.05, 0.1) is 6.04 Å². The van der Waals surface area contributed by atoms with Crippen LogP contribution in [0.4, 0.5) is 0 Å². The third-order valence-electron chi connectivity index (χ3n) is 1.79.